The first kappa shape index (κ1) is 20.0. The third kappa shape index (κ3) is 6.20. The molecule has 0 aliphatic heterocycles. The van der Waals surface area contributed by atoms with Crippen molar-refractivity contribution in [2.75, 3.05) is 13.7 Å². The van der Waals surface area contributed by atoms with Crippen molar-refractivity contribution in [3.8, 4) is 5.75 Å². The van der Waals surface area contributed by atoms with E-state index >= 15 is 0 Å². The van der Waals surface area contributed by atoms with Gasteiger partial charge in [-0.3, -0.25) is 9.59 Å². The van der Waals surface area contributed by atoms with Crippen molar-refractivity contribution >= 4 is 11.9 Å². The molecule has 0 heterocycles. The highest BCUT2D eigenvalue weighted by Crippen LogP contribution is 2.21. The fourth-order valence-electron chi connectivity index (χ4n) is 2.39. The zero-order valence-electron chi connectivity index (χ0n) is 15.0. The minimum atomic E-state index is -1.01. The molecule has 0 aliphatic carbocycles. The smallest absolute Gasteiger partial charge is 0.305 e. The van der Waals surface area contributed by atoms with Gasteiger partial charge in [0.2, 0.25) is 0 Å². The molecule has 0 saturated heterocycles. The quantitative estimate of drug-likeness (QED) is 0.723. The Morgan fingerprint density at radius 2 is 1.96 bits per heavy atom. The van der Waals surface area contributed by atoms with E-state index in [1.807, 2.05) is 18.2 Å². The van der Waals surface area contributed by atoms with Crippen molar-refractivity contribution < 1.29 is 24.2 Å². The van der Waals surface area contributed by atoms with E-state index in [1.165, 1.54) is 7.11 Å². The van der Waals surface area contributed by atoms with E-state index in [4.69, 9.17) is 14.6 Å². The van der Waals surface area contributed by atoms with Crippen LogP contribution in [0.25, 0.3) is 0 Å². The van der Waals surface area contributed by atoms with Crippen molar-refractivity contribution in [3.63, 3.8) is 0 Å². The molecule has 6 nitrogen and oxygen atoms in total. The lowest BCUT2D eigenvalue weighted by Crippen LogP contribution is -2.54. The molecule has 1 aromatic rings. The second-order valence-corrected chi connectivity index (χ2v) is 6.54. The summed E-state index contributed by atoms with van der Waals surface area (Å²) >= 11 is 0. The monoisotopic (exact) mass is 337 g/mol. The fraction of sp³-hybridized carbons (Fsp3) is 0.556. The minimum Gasteiger partial charge on any atom is -0.481 e. The SMILES string of the molecule is COCC(C)(CC(=O)O)NC(=O)C(C)Oc1cccc(C(C)C)c1. The molecule has 134 valence electrons. The first-order chi connectivity index (χ1) is 11.2. The summed E-state index contributed by atoms with van der Waals surface area (Å²) in [7, 11) is 1.46. The molecule has 1 rings (SSSR count). The van der Waals surface area contributed by atoms with Crippen LogP contribution >= 0.6 is 0 Å². The van der Waals surface area contributed by atoms with Crippen LogP contribution in [0.4, 0.5) is 0 Å². The number of ether oxygens (including phenoxy) is 2. The number of rotatable bonds is 9. The number of aliphatic carboxylic acids is 1. The Kier molecular flexibility index (Phi) is 7.22. The number of hydrogen-bond donors (Lipinski definition) is 2. The maximum Gasteiger partial charge on any atom is 0.305 e. The molecule has 0 fully saturated rings. The second kappa shape index (κ2) is 8.68. The third-order valence-corrected chi connectivity index (χ3v) is 3.64. The van der Waals surface area contributed by atoms with Gasteiger partial charge in [0.1, 0.15) is 5.75 Å². The van der Waals surface area contributed by atoms with E-state index in [0.717, 1.165) is 5.56 Å². The predicted molar refractivity (Wildman–Crippen MR) is 91.3 cm³/mol. The molecule has 2 unspecified atom stereocenters. The van der Waals surface area contributed by atoms with Gasteiger partial charge in [-0.2, -0.15) is 0 Å². The molecule has 0 radical (unpaired) electrons. The van der Waals surface area contributed by atoms with Crippen LogP contribution in [-0.4, -0.2) is 42.3 Å². The zero-order chi connectivity index (χ0) is 18.3. The third-order valence-electron chi connectivity index (χ3n) is 3.64. The lowest BCUT2D eigenvalue weighted by atomic mass is 9.98. The van der Waals surface area contributed by atoms with Crippen molar-refractivity contribution in [2.24, 2.45) is 0 Å². The number of carbonyl (C=O) groups excluding carboxylic acids is 1. The molecule has 1 amide bonds. The molecular formula is C18H27NO5. The first-order valence-electron chi connectivity index (χ1n) is 7.96. The van der Waals surface area contributed by atoms with Crippen molar-refractivity contribution in [1.82, 2.24) is 5.32 Å². The summed E-state index contributed by atoms with van der Waals surface area (Å²) in [5, 5.41) is 11.7. The zero-order valence-corrected chi connectivity index (χ0v) is 15.0. The Bertz CT molecular complexity index is 572. The Hall–Kier alpha value is -2.08. The fourth-order valence-corrected chi connectivity index (χ4v) is 2.39. The molecule has 0 aromatic heterocycles. The topological polar surface area (TPSA) is 84.9 Å². The standard InChI is InChI=1S/C18H27NO5/c1-12(2)14-7-6-8-15(9-14)24-13(3)17(22)19-18(4,11-23-5)10-16(20)21/h6-9,12-13H,10-11H2,1-5H3,(H,19,22)(H,20,21). The molecule has 0 aliphatic rings. The second-order valence-electron chi connectivity index (χ2n) is 6.54. The van der Waals surface area contributed by atoms with Gasteiger partial charge in [0.25, 0.3) is 5.91 Å². The lowest BCUT2D eigenvalue weighted by Gasteiger charge is -2.30. The molecule has 1 aromatic carbocycles. The van der Waals surface area contributed by atoms with Crippen LogP contribution in [0.1, 0.15) is 45.6 Å². The van der Waals surface area contributed by atoms with Gasteiger partial charge in [-0.25, -0.2) is 0 Å². The summed E-state index contributed by atoms with van der Waals surface area (Å²) in [6.45, 7) is 7.52. The highest BCUT2D eigenvalue weighted by atomic mass is 16.5. The van der Waals surface area contributed by atoms with Crippen molar-refractivity contribution in [2.45, 2.75) is 51.7 Å². The summed E-state index contributed by atoms with van der Waals surface area (Å²) in [5.41, 5.74) is 0.130. The molecule has 0 bridgehead atoms. The summed E-state index contributed by atoms with van der Waals surface area (Å²) in [4.78, 5) is 23.3. The first-order valence-corrected chi connectivity index (χ1v) is 7.96. The Balaban J connectivity index is 2.76. The van der Waals surface area contributed by atoms with Crippen LogP contribution in [0, 0.1) is 0 Å². The van der Waals surface area contributed by atoms with Gasteiger partial charge in [-0.05, 0) is 37.5 Å². The minimum absolute atomic E-state index is 0.0978. The Morgan fingerprint density at radius 1 is 1.29 bits per heavy atom. The van der Waals surface area contributed by atoms with Gasteiger partial charge in [-0.1, -0.05) is 26.0 Å². The maximum absolute atomic E-state index is 12.4. The van der Waals surface area contributed by atoms with Crippen LogP contribution in [0.15, 0.2) is 24.3 Å². The number of carbonyl (C=O) groups is 2. The number of benzene rings is 1. The molecule has 24 heavy (non-hydrogen) atoms. The molecule has 6 heteroatoms. The van der Waals surface area contributed by atoms with E-state index in [1.54, 1.807) is 19.9 Å². The van der Waals surface area contributed by atoms with Crippen LogP contribution in [0.3, 0.4) is 0 Å². The number of nitrogens with one attached hydrogen (secondary N) is 1. The number of amides is 1. The van der Waals surface area contributed by atoms with Crippen LogP contribution in [-0.2, 0) is 14.3 Å². The maximum atomic E-state index is 12.4. The molecule has 0 spiro atoms. The van der Waals surface area contributed by atoms with Gasteiger partial charge in [0.05, 0.1) is 18.6 Å². The molecular weight excluding hydrogens is 310 g/mol. The van der Waals surface area contributed by atoms with Gasteiger partial charge >= 0.3 is 5.97 Å². The molecule has 0 saturated carbocycles. The van der Waals surface area contributed by atoms with Crippen LogP contribution in [0.5, 0.6) is 5.75 Å². The summed E-state index contributed by atoms with van der Waals surface area (Å²) < 4.78 is 10.7. The lowest BCUT2D eigenvalue weighted by molar-refractivity contribution is -0.140. The highest BCUT2D eigenvalue weighted by Gasteiger charge is 2.31. The average Bonchev–Trinajstić information content (AvgIpc) is 2.46. The summed E-state index contributed by atoms with van der Waals surface area (Å²) in [6.07, 6.45) is -0.986. The van der Waals surface area contributed by atoms with E-state index in [0.29, 0.717) is 11.7 Å². The Morgan fingerprint density at radius 3 is 2.50 bits per heavy atom. The van der Waals surface area contributed by atoms with E-state index in [9.17, 15) is 9.59 Å². The van der Waals surface area contributed by atoms with Crippen LogP contribution < -0.4 is 10.1 Å². The van der Waals surface area contributed by atoms with E-state index in [2.05, 4.69) is 19.2 Å². The molecule has 2 N–H and O–H groups in total. The summed E-state index contributed by atoms with van der Waals surface area (Å²) in [6, 6.07) is 7.58. The van der Waals surface area contributed by atoms with Crippen molar-refractivity contribution in [1.29, 1.82) is 0 Å². The average molecular weight is 337 g/mol. The number of hydrogen-bond acceptors (Lipinski definition) is 4. The van der Waals surface area contributed by atoms with Gasteiger partial charge in [-0.15, -0.1) is 0 Å². The highest BCUT2D eigenvalue weighted by molar-refractivity contribution is 5.82. The van der Waals surface area contributed by atoms with Gasteiger partial charge in [0, 0.05) is 7.11 Å². The summed E-state index contributed by atoms with van der Waals surface area (Å²) in [5.74, 6) is -0.424. The van der Waals surface area contributed by atoms with E-state index < -0.39 is 17.6 Å². The van der Waals surface area contributed by atoms with Crippen molar-refractivity contribution in [3.05, 3.63) is 29.8 Å². The normalized spacial score (nSPS) is 14.8. The number of carboxylic acid groups (broad SMARTS) is 1. The number of carboxylic acids is 1. The molecule has 2 atom stereocenters. The predicted octanol–water partition coefficient (Wildman–Crippen LogP) is 2.57. The van der Waals surface area contributed by atoms with E-state index in [-0.39, 0.29) is 18.9 Å². The van der Waals surface area contributed by atoms with Gasteiger partial charge in [0.15, 0.2) is 6.10 Å². The Labute approximate surface area is 143 Å². The number of methoxy groups -OCH3 is 1. The largest absolute Gasteiger partial charge is 0.481 e. The van der Waals surface area contributed by atoms with Gasteiger partial charge < -0.3 is 19.9 Å². The van der Waals surface area contributed by atoms with Crippen LogP contribution in [0.2, 0.25) is 0 Å².